The van der Waals surface area contributed by atoms with Gasteiger partial charge in [-0.25, -0.2) is 9.97 Å². The average Bonchev–Trinajstić information content (AvgIpc) is 2.79. The molecule has 1 N–H and O–H groups in total. The number of nitrogens with zero attached hydrogens (tertiary/aromatic N) is 2. The number of rotatable bonds is 2. The molecule has 1 aliphatic carbocycles. The lowest BCUT2D eigenvalue weighted by Gasteiger charge is -2.22. The fourth-order valence-corrected chi connectivity index (χ4v) is 3.12. The molecule has 0 amide bonds. The maximum absolute atomic E-state index is 4.78. The molecule has 1 fully saturated rings. The molecule has 2 heterocycles. The molecule has 0 bridgehead atoms. The van der Waals surface area contributed by atoms with Crippen LogP contribution in [0.1, 0.15) is 42.0 Å². The van der Waals surface area contributed by atoms with E-state index in [2.05, 4.69) is 12.2 Å². The Balaban J connectivity index is 1.76. The van der Waals surface area contributed by atoms with Gasteiger partial charge in [-0.2, -0.15) is 0 Å². The predicted molar refractivity (Wildman–Crippen MR) is 68.1 cm³/mol. The zero-order valence-electron chi connectivity index (χ0n) is 10.6. The van der Waals surface area contributed by atoms with Crippen LogP contribution in [0.4, 0.5) is 0 Å². The number of hydrogen-bond acceptors (Lipinski definition) is 3. The molecule has 1 aromatic rings. The summed E-state index contributed by atoms with van der Waals surface area (Å²) in [5, 5.41) is 3.41. The Labute approximate surface area is 103 Å². The minimum Gasteiger partial charge on any atom is -0.317 e. The summed E-state index contributed by atoms with van der Waals surface area (Å²) in [6.07, 6.45) is 7.25. The van der Waals surface area contributed by atoms with E-state index in [0.29, 0.717) is 0 Å². The van der Waals surface area contributed by atoms with Gasteiger partial charge in [0.05, 0.1) is 0 Å². The fourth-order valence-electron chi connectivity index (χ4n) is 3.12. The molecule has 3 nitrogen and oxygen atoms in total. The maximum atomic E-state index is 4.78. The van der Waals surface area contributed by atoms with Crippen LogP contribution >= 0.6 is 0 Å². The van der Waals surface area contributed by atoms with E-state index in [0.717, 1.165) is 37.7 Å². The van der Waals surface area contributed by atoms with E-state index in [1.165, 1.54) is 42.6 Å². The van der Waals surface area contributed by atoms with Gasteiger partial charge in [0.2, 0.25) is 0 Å². The first-order chi connectivity index (χ1) is 8.33. The summed E-state index contributed by atoms with van der Waals surface area (Å²) in [6.45, 7) is 4.47. The van der Waals surface area contributed by atoms with Gasteiger partial charge < -0.3 is 5.32 Å². The van der Waals surface area contributed by atoms with Crippen molar-refractivity contribution in [2.24, 2.45) is 5.92 Å². The average molecular weight is 231 g/mol. The Morgan fingerprint density at radius 2 is 2.00 bits per heavy atom. The van der Waals surface area contributed by atoms with E-state index < -0.39 is 0 Å². The third kappa shape index (κ3) is 2.34. The molecule has 92 valence electrons. The van der Waals surface area contributed by atoms with E-state index in [9.17, 15) is 0 Å². The molecule has 0 aromatic carbocycles. The second kappa shape index (κ2) is 4.73. The Morgan fingerprint density at radius 3 is 2.82 bits per heavy atom. The number of nitrogens with one attached hydrogen (secondary N) is 1. The fraction of sp³-hybridized carbons (Fsp3) is 0.714. The van der Waals surface area contributed by atoms with Gasteiger partial charge in [0.25, 0.3) is 0 Å². The summed E-state index contributed by atoms with van der Waals surface area (Å²) in [4.78, 5) is 9.48. The zero-order chi connectivity index (χ0) is 11.7. The summed E-state index contributed by atoms with van der Waals surface area (Å²) in [5.41, 5.74) is 4.00. The van der Waals surface area contributed by atoms with Crippen LogP contribution < -0.4 is 5.32 Å². The predicted octanol–water partition coefficient (Wildman–Crippen LogP) is 1.82. The van der Waals surface area contributed by atoms with Crippen LogP contribution in [0.15, 0.2) is 0 Å². The molecule has 0 saturated carbocycles. The van der Waals surface area contributed by atoms with Crippen LogP contribution in [-0.2, 0) is 19.3 Å². The highest BCUT2D eigenvalue weighted by molar-refractivity contribution is 5.29. The molecule has 0 atom stereocenters. The van der Waals surface area contributed by atoms with E-state index in [1.807, 2.05) is 0 Å². The van der Waals surface area contributed by atoms with Crippen molar-refractivity contribution >= 4 is 0 Å². The lowest BCUT2D eigenvalue weighted by molar-refractivity contribution is 0.366. The largest absolute Gasteiger partial charge is 0.317 e. The van der Waals surface area contributed by atoms with E-state index in [-0.39, 0.29) is 0 Å². The highest BCUT2D eigenvalue weighted by Gasteiger charge is 2.19. The first-order valence-electron chi connectivity index (χ1n) is 6.89. The lowest BCUT2D eigenvalue weighted by Crippen LogP contribution is -2.29. The molecule has 1 aliphatic heterocycles. The SMILES string of the molecule is Cc1nc(CC2CCNCC2)nc2c1CCC2. The molecule has 3 heteroatoms. The highest BCUT2D eigenvalue weighted by Crippen LogP contribution is 2.24. The zero-order valence-corrected chi connectivity index (χ0v) is 10.6. The minimum atomic E-state index is 0.787. The Kier molecular flexibility index (Phi) is 3.10. The molecule has 0 spiro atoms. The Bertz CT molecular complexity index is 408. The van der Waals surface area contributed by atoms with Crippen molar-refractivity contribution in [1.29, 1.82) is 0 Å². The van der Waals surface area contributed by atoms with Gasteiger partial charge in [-0.05, 0) is 63.6 Å². The van der Waals surface area contributed by atoms with Crippen LogP contribution in [-0.4, -0.2) is 23.1 Å². The number of aromatic nitrogens is 2. The van der Waals surface area contributed by atoms with Crippen molar-refractivity contribution in [3.8, 4) is 0 Å². The summed E-state index contributed by atoms with van der Waals surface area (Å²) >= 11 is 0. The highest BCUT2D eigenvalue weighted by atomic mass is 14.9. The van der Waals surface area contributed by atoms with Crippen molar-refractivity contribution in [3.05, 3.63) is 22.8 Å². The number of hydrogen-bond donors (Lipinski definition) is 1. The molecule has 0 radical (unpaired) electrons. The van der Waals surface area contributed by atoms with Crippen LogP contribution in [0.2, 0.25) is 0 Å². The smallest absolute Gasteiger partial charge is 0.129 e. The van der Waals surface area contributed by atoms with Gasteiger partial charge in [0, 0.05) is 17.8 Å². The van der Waals surface area contributed by atoms with E-state index in [4.69, 9.17) is 9.97 Å². The van der Waals surface area contributed by atoms with Gasteiger partial charge in [0.1, 0.15) is 5.82 Å². The standard InChI is InChI=1S/C14H21N3/c1-10-12-3-2-4-13(12)17-14(16-10)9-11-5-7-15-8-6-11/h11,15H,2-9H2,1H3. The third-order valence-corrected chi connectivity index (χ3v) is 4.12. The molecule has 1 aromatic heterocycles. The normalized spacial score (nSPS) is 20.5. The van der Waals surface area contributed by atoms with Crippen molar-refractivity contribution in [1.82, 2.24) is 15.3 Å². The topological polar surface area (TPSA) is 37.8 Å². The maximum Gasteiger partial charge on any atom is 0.129 e. The Morgan fingerprint density at radius 1 is 1.18 bits per heavy atom. The van der Waals surface area contributed by atoms with E-state index in [1.54, 1.807) is 0 Å². The monoisotopic (exact) mass is 231 g/mol. The third-order valence-electron chi connectivity index (χ3n) is 4.12. The molecule has 0 unspecified atom stereocenters. The quantitative estimate of drug-likeness (QED) is 0.843. The van der Waals surface area contributed by atoms with Crippen molar-refractivity contribution in [2.75, 3.05) is 13.1 Å². The minimum absolute atomic E-state index is 0.787. The number of aryl methyl sites for hydroxylation is 2. The number of piperidine rings is 1. The van der Waals surface area contributed by atoms with Gasteiger partial charge >= 0.3 is 0 Å². The summed E-state index contributed by atoms with van der Waals surface area (Å²) in [5.74, 6) is 1.88. The van der Waals surface area contributed by atoms with Crippen LogP contribution in [0.25, 0.3) is 0 Å². The molecular weight excluding hydrogens is 210 g/mol. The lowest BCUT2D eigenvalue weighted by atomic mass is 9.94. The summed E-state index contributed by atoms with van der Waals surface area (Å²) < 4.78 is 0. The first kappa shape index (κ1) is 11.1. The first-order valence-corrected chi connectivity index (χ1v) is 6.89. The van der Waals surface area contributed by atoms with Crippen molar-refractivity contribution < 1.29 is 0 Å². The van der Waals surface area contributed by atoms with E-state index >= 15 is 0 Å². The van der Waals surface area contributed by atoms with Crippen molar-refractivity contribution in [3.63, 3.8) is 0 Å². The van der Waals surface area contributed by atoms with Crippen LogP contribution in [0.5, 0.6) is 0 Å². The second-order valence-electron chi connectivity index (χ2n) is 5.40. The number of fused-ring (bicyclic) bond motifs is 1. The van der Waals surface area contributed by atoms with Gasteiger partial charge in [-0.3, -0.25) is 0 Å². The summed E-state index contributed by atoms with van der Waals surface area (Å²) in [7, 11) is 0. The molecule has 2 aliphatic rings. The van der Waals surface area contributed by atoms with Crippen LogP contribution in [0, 0.1) is 12.8 Å². The Hall–Kier alpha value is -0.960. The molecular formula is C14H21N3. The van der Waals surface area contributed by atoms with Gasteiger partial charge in [0.15, 0.2) is 0 Å². The van der Waals surface area contributed by atoms with Crippen LogP contribution in [0.3, 0.4) is 0 Å². The second-order valence-corrected chi connectivity index (χ2v) is 5.40. The van der Waals surface area contributed by atoms with Gasteiger partial charge in [-0.15, -0.1) is 0 Å². The van der Waals surface area contributed by atoms with Crippen molar-refractivity contribution in [2.45, 2.75) is 45.4 Å². The molecule has 3 rings (SSSR count). The molecule has 1 saturated heterocycles. The van der Waals surface area contributed by atoms with Gasteiger partial charge in [-0.1, -0.05) is 0 Å². The molecule has 17 heavy (non-hydrogen) atoms. The summed E-state index contributed by atoms with van der Waals surface area (Å²) in [6, 6.07) is 0.